The summed E-state index contributed by atoms with van der Waals surface area (Å²) in [6.07, 6.45) is -1.02. The van der Waals surface area contributed by atoms with Gasteiger partial charge in [-0.05, 0) is 7.05 Å². The lowest BCUT2D eigenvalue weighted by Gasteiger charge is -2.01. The highest BCUT2D eigenvalue weighted by Crippen LogP contribution is 1.80. The molecule has 0 aliphatic heterocycles. The molecule has 0 bridgehead atoms. The first-order valence-corrected chi connectivity index (χ1v) is 2.11. The van der Waals surface area contributed by atoms with Crippen molar-refractivity contribution in [1.29, 1.82) is 0 Å². The fraction of sp³-hybridized carbons (Fsp3) is 1.00. The van der Waals surface area contributed by atoms with E-state index < -0.39 is 6.30 Å². The predicted octanol–water partition coefficient (Wildman–Crippen LogP) is 0.148. The molecule has 0 heterocycles. The van der Waals surface area contributed by atoms with Crippen molar-refractivity contribution in [2.75, 3.05) is 20.8 Å². The Hall–Kier alpha value is -0.150. The van der Waals surface area contributed by atoms with Crippen molar-refractivity contribution in [3.8, 4) is 0 Å². The quantitative estimate of drug-likeness (QED) is 0.518. The average molecular weight is 107 g/mol. The molecule has 0 amide bonds. The van der Waals surface area contributed by atoms with Crippen molar-refractivity contribution >= 4 is 0 Å². The van der Waals surface area contributed by atoms with Crippen LogP contribution in [0.5, 0.6) is 0 Å². The van der Waals surface area contributed by atoms with Gasteiger partial charge in [0.15, 0.2) is 6.30 Å². The van der Waals surface area contributed by atoms with Crippen LogP contribution in [0.1, 0.15) is 0 Å². The topological polar surface area (TPSA) is 21.3 Å². The minimum Gasteiger partial charge on any atom is -0.380 e. The fourth-order valence-corrected chi connectivity index (χ4v) is 0.230. The van der Waals surface area contributed by atoms with Crippen LogP contribution in [0.4, 0.5) is 4.39 Å². The van der Waals surface area contributed by atoms with E-state index in [1.807, 2.05) is 0 Å². The molecule has 3 heteroatoms. The molecule has 1 N–H and O–H groups in total. The summed E-state index contributed by atoms with van der Waals surface area (Å²) in [6, 6.07) is 0. The van der Waals surface area contributed by atoms with Gasteiger partial charge in [-0.15, -0.1) is 0 Å². The van der Waals surface area contributed by atoms with Gasteiger partial charge in [0, 0.05) is 7.11 Å². The van der Waals surface area contributed by atoms with Crippen LogP contribution in [0, 0.1) is 0 Å². The molecule has 0 aromatic rings. The molecule has 1 atom stereocenters. The van der Waals surface area contributed by atoms with Crippen LogP contribution in [0.15, 0.2) is 0 Å². The molecule has 1 unspecified atom stereocenters. The van der Waals surface area contributed by atoms with Gasteiger partial charge in [-0.25, -0.2) is 4.39 Å². The lowest BCUT2D eigenvalue weighted by atomic mass is 10.6. The third kappa shape index (κ3) is 3.69. The lowest BCUT2D eigenvalue weighted by molar-refractivity contribution is 0.109. The second-order valence-corrected chi connectivity index (χ2v) is 1.21. The lowest BCUT2D eigenvalue weighted by Crippen LogP contribution is -2.24. The standard InChI is InChI=1S/C4H10FNO/c1-6-4(5)3-7-2/h4,6H,3H2,1-2H3. The van der Waals surface area contributed by atoms with Gasteiger partial charge in [0.05, 0.1) is 6.61 Å². The van der Waals surface area contributed by atoms with E-state index in [9.17, 15) is 4.39 Å². The number of hydrogen-bond acceptors (Lipinski definition) is 2. The van der Waals surface area contributed by atoms with Crippen LogP contribution in [0.25, 0.3) is 0 Å². The summed E-state index contributed by atoms with van der Waals surface area (Å²) in [4.78, 5) is 0. The molecule has 0 saturated carbocycles. The van der Waals surface area contributed by atoms with E-state index in [0.29, 0.717) is 0 Å². The summed E-state index contributed by atoms with van der Waals surface area (Å²) >= 11 is 0. The molecule has 44 valence electrons. The van der Waals surface area contributed by atoms with Crippen molar-refractivity contribution < 1.29 is 9.13 Å². The summed E-state index contributed by atoms with van der Waals surface area (Å²) < 4.78 is 16.4. The van der Waals surface area contributed by atoms with Gasteiger partial charge in [-0.1, -0.05) is 0 Å². The summed E-state index contributed by atoms with van der Waals surface area (Å²) in [5.74, 6) is 0. The van der Waals surface area contributed by atoms with E-state index in [1.165, 1.54) is 7.11 Å². The molecule has 2 nitrogen and oxygen atoms in total. The Labute approximate surface area is 42.7 Å². The SMILES string of the molecule is CNC(F)COC. The van der Waals surface area contributed by atoms with E-state index in [4.69, 9.17) is 0 Å². The van der Waals surface area contributed by atoms with Crippen LogP contribution in [-0.2, 0) is 4.74 Å². The molecular weight excluding hydrogens is 97.0 g/mol. The molecule has 0 rings (SSSR count). The number of hydrogen-bond donors (Lipinski definition) is 1. The van der Waals surface area contributed by atoms with Crippen LogP contribution >= 0.6 is 0 Å². The maximum atomic E-state index is 11.9. The number of alkyl halides is 1. The minimum atomic E-state index is -1.02. The number of rotatable bonds is 3. The maximum Gasteiger partial charge on any atom is 0.174 e. The van der Waals surface area contributed by atoms with Crippen molar-refractivity contribution in [2.45, 2.75) is 6.30 Å². The van der Waals surface area contributed by atoms with Gasteiger partial charge in [0.1, 0.15) is 0 Å². The third-order valence-corrected chi connectivity index (χ3v) is 0.626. The molecule has 0 spiro atoms. The third-order valence-electron chi connectivity index (χ3n) is 0.626. The number of nitrogens with one attached hydrogen (secondary N) is 1. The minimum absolute atomic E-state index is 0.122. The van der Waals surface area contributed by atoms with Gasteiger partial charge in [0.25, 0.3) is 0 Å². The zero-order chi connectivity index (χ0) is 5.70. The van der Waals surface area contributed by atoms with E-state index >= 15 is 0 Å². The van der Waals surface area contributed by atoms with E-state index in [2.05, 4.69) is 10.1 Å². The molecule has 0 saturated heterocycles. The van der Waals surface area contributed by atoms with E-state index in [-0.39, 0.29) is 6.61 Å². The second-order valence-electron chi connectivity index (χ2n) is 1.21. The van der Waals surface area contributed by atoms with E-state index in [1.54, 1.807) is 7.05 Å². The molecule has 0 aliphatic rings. The molecule has 0 aliphatic carbocycles. The average Bonchev–Trinajstić information content (AvgIpc) is 1.68. The van der Waals surface area contributed by atoms with Gasteiger partial charge >= 0.3 is 0 Å². The zero-order valence-corrected chi connectivity index (χ0v) is 4.57. The Morgan fingerprint density at radius 3 is 2.57 bits per heavy atom. The summed E-state index contributed by atoms with van der Waals surface area (Å²) in [5, 5.41) is 2.37. The predicted molar refractivity (Wildman–Crippen MR) is 25.8 cm³/mol. The smallest absolute Gasteiger partial charge is 0.174 e. The number of ether oxygens (including phenoxy) is 1. The number of likely N-dealkylation sites (N-methyl/N-ethyl adjacent to an activating group) is 1. The normalized spacial score (nSPS) is 14.1. The first-order valence-electron chi connectivity index (χ1n) is 2.11. The molecular formula is C4H10FNO. The molecule has 0 radical (unpaired) electrons. The van der Waals surface area contributed by atoms with Crippen molar-refractivity contribution in [3.63, 3.8) is 0 Å². The summed E-state index contributed by atoms with van der Waals surface area (Å²) in [7, 11) is 3.01. The molecule has 0 aromatic heterocycles. The van der Waals surface area contributed by atoms with Crippen molar-refractivity contribution in [2.24, 2.45) is 0 Å². The molecule has 0 fully saturated rings. The van der Waals surface area contributed by atoms with E-state index in [0.717, 1.165) is 0 Å². The Kier molecular flexibility index (Phi) is 3.93. The number of halogens is 1. The van der Waals surface area contributed by atoms with Crippen LogP contribution in [-0.4, -0.2) is 27.1 Å². The van der Waals surface area contributed by atoms with Gasteiger partial charge < -0.3 is 4.74 Å². The van der Waals surface area contributed by atoms with Gasteiger partial charge in [-0.3, -0.25) is 5.32 Å². The highest BCUT2D eigenvalue weighted by atomic mass is 19.1. The van der Waals surface area contributed by atoms with Gasteiger partial charge in [-0.2, -0.15) is 0 Å². The first kappa shape index (κ1) is 6.85. The Balaban J connectivity index is 2.83. The Bertz CT molecular complexity index is 42.7. The van der Waals surface area contributed by atoms with Crippen molar-refractivity contribution in [1.82, 2.24) is 5.32 Å². The van der Waals surface area contributed by atoms with Gasteiger partial charge in [0.2, 0.25) is 0 Å². The maximum absolute atomic E-state index is 11.9. The Morgan fingerprint density at radius 2 is 2.43 bits per heavy atom. The molecule has 0 aromatic carbocycles. The monoisotopic (exact) mass is 107 g/mol. The Morgan fingerprint density at radius 1 is 1.86 bits per heavy atom. The number of methoxy groups -OCH3 is 1. The largest absolute Gasteiger partial charge is 0.380 e. The van der Waals surface area contributed by atoms with Crippen LogP contribution in [0.2, 0.25) is 0 Å². The highest BCUT2D eigenvalue weighted by molar-refractivity contribution is 4.42. The van der Waals surface area contributed by atoms with Crippen LogP contribution < -0.4 is 5.32 Å². The summed E-state index contributed by atoms with van der Waals surface area (Å²) in [5.41, 5.74) is 0. The zero-order valence-electron chi connectivity index (χ0n) is 4.57. The van der Waals surface area contributed by atoms with Crippen molar-refractivity contribution in [3.05, 3.63) is 0 Å². The molecule has 7 heavy (non-hydrogen) atoms. The highest BCUT2D eigenvalue weighted by Gasteiger charge is 1.96. The second kappa shape index (κ2) is 4.02. The first-order chi connectivity index (χ1) is 3.31. The summed E-state index contributed by atoms with van der Waals surface area (Å²) in [6.45, 7) is 0.122. The van der Waals surface area contributed by atoms with Crippen LogP contribution in [0.3, 0.4) is 0 Å². The fourth-order valence-electron chi connectivity index (χ4n) is 0.230.